The molecule has 3 N–H and O–H groups in total. The monoisotopic (exact) mass is 340 g/mol. The Morgan fingerprint density at radius 2 is 2.12 bits per heavy atom. The molecule has 3 rings (SSSR count). The molecule has 0 fully saturated rings. The Kier molecular flexibility index (Phi) is 3.97. The minimum absolute atomic E-state index is 0.0246. The van der Waals surface area contributed by atoms with Crippen molar-refractivity contribution < 1.29 is 27.5 Å². The predicted octanol–water partition coefficient (Wildman–Crippen LogP) is 2.03. The van der Waals surface area contributed by atoms with Crippen molar-refractivity contribution in [2.45, 2.75) is 12.2 Å². The first-order valence-corrected chi connectivity index (χ1v) is 6.77. The molecule has 2 heterocycles. The zero-order valence-electron chi connectivity index (χ0n) is 12.0. The normalized spacial score (nSPS) is 13.2. The molecule has 7 nitrogen and oxygen atoms in total. The summed E-state index contributed by atoms with van der Waals surface area (Å²) in [6.07, 6.45) is -3.69. The number of aliphatic hydroxyl groups is 1. The van der Waals surface area contributed by atoms with Crippen LogP contribution in [0.15, 0.2) is 35.0 Å². The molecule has 0 bridgehead atoms. The lowest BCUT2D eigenvalue weighted by Crippen LogP contribution is -2.32. The number of carbonyl (C=O) groups excluding carboxylic acids is 1. The van der Waals surface area contributed by atoms with Gasteiger partial charge in [0.05, 0.1) is 12.2 Å². The van der Waals surface area contributed by atoms with Gasteiger partial charge in [0.1, 0.15) is 23.8 Å². The van der Waals surface area contributed by atoms with E-state index in [4.69, 9.17) is 4.42 Å². The van der Waals surface area contributed by atoms with Gasteiger partial charge in [-0.05, 0) is 6.07 Å². The van der Waals surface area contributed by atoms with Crippen LogP contribution in [0.5, 0.6) is 0 Å². The molecule has 0 aliphatic heterocycles. The number of hydrogen-bond donors (Lipinski definition) is 3. The second-order valence-electron chi connectivity index (χ2n) is 4.88. The second kappa shape index (κ2) is 5.96. The van der Waals surface area contributed by atoms with Gasteiger partial charge in [0.2, 0.25) is 5.76 Å². The summed E-state index contributed by atoms with van der Waals surface area (Å²) in [5.74, 6) is -2.31. The Balaban J connectivity index is 2.03. The van der Waals surface area contributed by atoms with Crippen LogP contribution < -0.4 is 5.32 Å². The van der Waals surface area contributed by atoms with Crippen molar-refractivity contribution in [3.8, 4) is 0 Å². The topological polar surface area (TPSA) is 104 Å². The third-order valence-electron chi connectivity index (χ3n) is 3.33. The molecule has 2 aromatic heterocycles. The van der Waals surface area contributed by atoms with Crippen LogP contribution >= 0.6 is 0 Å². The second-order valence-corrected chi connectivity index (χ2v) is 4.88. The highest BCUT2D eigenvalue weighted by atomic mass is 19.4. The van der Waals surface area contributed by atoms with E-state index in [1.165, 1.54) is 24.3 Å². The summed E-state index contributed by atoms with van der Waals surface area (Å²) in [6, 6.07) is 4.65. The molecule has 0 aliphatic rings. The summed E-state index contributed by atoms with van der Waals surface area (Å²) >= 11 is 0. The minimum atomic E-state index is -4.84. The Hall–Kier alpha value is -2.88. The Labute approximate surface area is 132 Å². The van der Waals surface area contributed by atoms with E-state index >= 15 is 0 Å². The maximum Gasteiger partial charge on any atom is 0.450 e. The molecule has 3 aromatic rings. The molecule has 0 spiro atoms. The first-order chi connectivity index (χ1) is 11.4. The fourth-order valence-electron chi connectivity index (χ4n) is 2.28. The number of alkyl halides is 3. The molecule has 0 aliphatic carbocycles. The Morgan fingerprint density at radius 3 is 2.75 bits per heavy atom. The lowest BCUT2D eigenvalue weighted by molar-refractivity contribution is -0.152. The van der Waals surface area contributed by atoms with E-state index in [1.807, 2.05) is 0 Å². The van der Waals surface area contributed by atoms with E-state index in [0.717, 1.165) is 6.33 Å². The highest BCUT2D eigenvalue weighted by Crippen LogP contribution is 2.38. The van der Waals surface area contributed by atoms with E-state index in [-0.39, 0.29) is 16.8 Å². The smallest absolute Gasteiger partial charge is 0.450 e. The van der Waals surface area contributed by atoms with E-state index in [2.05, 4.69) is 20.5 Å². The van der Waals surface area contributed by atoms with Crippen LogP contribution in [0.2, 0.25) is 0 Å². The standard InChI is InChI=1S/C14H11F3N4O3/c15-14(16,17)11-10(7-3-1-2-4-9(7)24-11)13(23)20-8(5-22)12-18-6-19-21-12/h1-4,6,8,22H,5H2,(H,20,23)(H,18,19,21)/t8-/m1/s1. The lowest BCUT2D eigenvalue weighted by Gasteiger charge is -2.14. The van der Waals surface area contributed by atoms with Gasteiger partial charge in [0.15, 0.2) is 0 Å². The van der Waals surface area contributed by atoms with Crippen LogP contribution in [0.25, 0.3) is 11.0 Å². The number of rotatable bonds is 4. The van der Waals surface area contributed by atoms with Crippen molar-refractivity contribution in [1.82, 2.24) is 20.5 Å². The maximum absolute atomic E-state index is 13.2. The number of fused-ring (bicyclic) bond motifs is 1. The first-order valence-electron chi connectivity index (χ1n) is 6.77. The number of aromatic nitrogens is 3. The Morgan fingerprint density at radius 1 is 1.38 bits per heavy atom. The molecular weight excluding hydrogens is 329 g/mol. The third-order valence-corrected chi connectivity index (χ3v) is 3.33. The van der Waals surface area contributed by atoms with Gasteiger partial charge in [-0.15, -0.1) is 0 Å². The third kappa shape index (κ3) is 2.83. The van der Waals surface area contributed by atoms with Crippen LogP contribution in [0.4, 0.5) is 13.2 Å². The van der Waals surface area contributed by atoms with E-state index in [1.54, 1.807) is 0 Å². The van der Waals surface area contributed by atoms with Crippen LogP contribution in [0, 0.1) is 0 Å². The number of H-pyrrole nitrogens is 1. The van der Waals surface area contributed by atoms with E-state index in [9.17, 15) is 23.1 Å². The number of aliphatic hydroxyl groups excluding tert-OH is 1. The Bertz CT molecular complexity index is 858. The van der Waals surface area contributed by atoms with Crippen molar-refractivity contribution >= 4 is 16.9 Å². The van der Waals surface area contributed by atoms with Gasteiger partial charge in [-0.25, -0.2) is 4.98 Å². The van der Waals surface area contributed by atoms with Crippen molar-refractivity contribution in [2.24, 2.45) is 0 Å². The number of amides is 1. The largest absolute Gasteiger partial charge is 0.451 e. The average Bonchev–Trinajstić information content (AvgIpc) is 3.19. The first kappa shape index (κ1) is 16.0. The molecule has 0 saturated carbocycles. The van der Waals surface area contributed by atoms with Crippen molar-refractivity contribution in [3.05, 3.63) is 47.7 Å². The highest BCUT2D eigenvalue weighted by Gasteiger charge is 2.41. The minimum Gasteiger partial charge on any atom is -0.451 e. The molecule has 10 heteroatoms. The van der Waals surface area contributed by atoms with Gasteiger partial charge in [0.25, 0.3) is 5.91 Å². The predicted molar refractivity (Wildman–Crippen MR) is 74.9 cm³/mol. The number of para-hydroxylation sites is 1. The number of benzene rings is 1. The summed E-state index contributed by atoms with van der Waals surface area (Å²) < 4.78 is 44.4. The number of hydrogen-bond acceptors (Lipinski definition) is 5. The van der Waals surface area contributed by atoms with Gasteiger partial charge in [-0.3, -0.25) is 9.89 Å². The summed E-state index contributed by atoms with van der Waals surface area (Å²) in [4.78, 5) is 16.2. The van der Waals surface area contributed by atoms with Gasteiger partial charge in [-0.2, -0.15) is 18.3 Å². The molecule has 0 radical (unpaired) electrons. The molecular formula is C14H11F3N4O3. The van der Waals surface area contributed by atoms with Gasteiger partial charge in [0, 0.05) is 5.39 Å². The summed E-state index contributed by atoms with van der Waals surface area (Å²) in [7, 11) is 0. The summed E-state index contributed by atoms with van der Waals surface area (Å²) in [5.41, 5.74) is -0.703. The van der Waals surface area contributed by atoms with E-state index < -0.39 is 36.1 Å². The van der Waals surface area contributed by atoms with Crippen molar-refractivity contribution in [3.63, 3.8) is 0 Å². The molecule has 0 unspecified atom stereocenters. The van der Waals surface area contributed by atoms with Crippen LogP contribution in [0.3, 0.4) is 0 Å². The van der Waals surface area contributed by atoms with Crippen LogP contribution in [-0.2, 0) is 6.18 Å². The lowest BCUT2D eigenvalue weighted by atomic mass is 10.1. The number of aromatic amines is 1. The van der Waals surface area contributed by atoms with Crippen LogP contribution in [-0.4, -0.2) is 32.8 Å². The summed E-state index contributed by atoms with van der Waals surface area (Å²) in [5, 5.41) is 17.7. The average molecular weight is 340 g/mol. The molecule has 1 aromatic carbocycles. The van der Waals surface area contributed by atoms with Crippen molar-refractivity contribution in [1.29, 1.82) is 0 Å². The van der Waals surface area contributed by atoms with Gasteiger partial charge >= 0.3 is 6.18 Å². The molecule has 1 amide bonds. The molecule has 126 valence electrons. The zero-order valence-corrected chi connectivity index (χ0v) is 12.0. The number of nitrogens with one attached hydrogen (secondary N) is 2. The number of halogens is 3. The maximum atomic E-state index is 13.2. The quantitative estimate of drug-likeness (QED) is 0.674. The fraction of sp³-hybridized carbons (Fsp3) is 0.214. The van der Waals surface area contributed by atoms with Crippen LogP contribution in [0.1, 0.15) is 28.0 Å². The molecule has 24 heavy (non-hydrogen) atoms. The highest BCUT2D eigenvalue weighted by molar-refractivity contribution is 6.07. The number of furan rings is 1. The van der Waals surface area contributed by atoms with E-state index in [0.29, 0.717) is 0 Å². The SMILES string of the molecule is O=C(N[C@H](CO)c1ncn[nH]1)c1c(C(F)(F)F)oc2ccccc12. The number of nitrogens with zero attached hydrogens (tertiary/aromatic N) is 2. The van der Waals surface area contributed by atoms with Crippen molar-refractivity contribution in [2.75, 3.05) is 6.61 Å². The summed E-state index contributed by atoms with van der Waals surface area (Å²) in [6.45, 7) is -0.571. The molecule has 1 atom stereocenters. The van der Waals surface area contributed by atoms with Gasteiger partial charge in [-0.1, -0.05) is 18.2 Å². The fourth-order valence-corrected chi connectivity index (χ4v) is 2.28. The van der Waals surface area contributed by atoms with Gasteiger partial charge < -0.3 is 14.8 Å². The zero-order chi connectivity index (χ0) is 17.3. The number of carbonyl (C=O) groups is 1. The molecule has 0 saturated heterocycles.